The zero-order valence-corrected chi connectivity index (χ0v) is 14.3. The van der Waals surface area contributed by atoms with Gasteiger partial charge in [0, 0.05) is 19.5 Å². The molecule has 2 heterocycles. The van der Waals surface area contributed by atoms with E-state index in [-0.39, 0.29) is 42.6 Å². The minimum atomic E-state index is -0.426. The minimum absolute atomic E-state index is 0.00559. The first-order valence-electron chi connectivity index (χ1n) is 8.35. The van der Waals surface area contributed by atoms with E-state index < -0.39 is 11.7 Å². The predicted octanol–water partition coefficient (Wildman–Crippen LogP) is 2.12. The first kappa shape index (κ1) is 16.9. The largest absolute Gasteiger partial charge is 0.375 e. The Kier molecular flexibility index (Phi) is 4.58. The van der Waals surface area contributed by atoms with Crippen LogP contribution in [0.4, 0.5) is 10.1 Å². The Morgan fingerprint density at radius 3 is 2.75 bits per heavy atom. The van der Waals surface area contributed by atoms with Crippen LogP contribution in [0.1, 0.15) is 25.8 Å². The first-order valence-corrected chi connectivity index (χ1v) is 8.35. The van der Waals surface area contributed by atoms with Gasteiger partial charge in [-0.1, -0.05) is 6.07 Å². The van der Waals surface area contributed by atoms with Crippen molar-refractivity contribution in [3.8, 4) is 0 Å². The lowest BCUT2D eigenvalue weighted by atomic mass is 10.0. The molecule has 2 fully saturated rings. The molecule has 3 atom stereocenters. The Hall–Kier alpha value is -1.95. The van der Waals surface area contributed by atoms with Gasteiger partial charge in [-0.25, -0.2) is 4.39 Å². The van der Waals surface area contributed by atoms with E-state index in [1.165, 1.54) is 11.0 Å². The average molecular weight is 334 g/mol. The topological polar surface area (TPSA) is 49.9 Å². The van der Waals surface area contributed by atoms with E-state index in [0.717, 1.165) is 5.56 Å². The summed E-state index contributed by atoms with van der Waals surface area (Å²) in [7, 11) is 0. The Morgan fingerprint density at radius 1 is 1.29 bits per heavy atom. The van der Waals surface area contributed by atoms with Gasteiger partial charge >= 0.3 is 0 Å². The highest BCUT2D eigenvalue weighted by Gasteiger charge is 2.40. The van der Waals surface area contributed by atoms with E-state index in [1.807, 2.05) is 13.8 Å². The summed E-state index contributed by atoms with van der Waals surface area (Å²) < 4.78 is 19.7. The summed E-state index contributed by atoms with van der Waals surface area (Å²) in [6.45, 7) is 6.94. The summed E-state index contributed by atoms with van der Waals surface area (Å²) in [5.41, 5.74) is 1.05. The number of hydrogen-bond acceptors (Lipinski definition) is 3. The Bertz CT molecular complexity index is 664. The number of nitrogens with zero attached hydrogens (tertiary/aromatic N) is 2. The van der Waals surface area contributed by atoms with Crippen LogP contribution >= 0.6 is 0 Å². The smallest absolute Gasteiger partial charge is 0.228 e. The number of amides is 2. The summed E-state index contributed by atoms with van der Waals surface area (Å²) >= 11 is 0. The second kappa shape index (κ2) is 6.51. The minimum Gasteiger partial charge on any atom is -0.375 e. The van der Waals surface area contributed by atoms with E-state index in [0.29, 0.717) is 13.2 Å². The lowest BCUT2D eigenvalue weighted by Gasteiger charge is -2.38. The number of rotatable bonds is 2. The van der Waals surface area contributed by atoms with E-state index in [9.17, 15) is 14.0 Å². The molecule has 0 unspecified atom stereocenters. The number of benzene rings is 1. The third-order valence-corrected chi connectivity index (χ3v) is 4.76. The average Bonchev–Trinajstić information content (AvgIpc) is 2.91. The van der Waals surface area contributed by atoms with Gasteiger partial charge in [-0.2, -0.15) is 0 Å². The number of hydrogen-bond donors (Lipinski definition) is 0. The molecule has 6 heteroatoms. The summed E-state index contributed by atoms with van der Waals surface area (Å²) in [6.07, 6.45) is 0.123. The SMILES string of the molecule is Cc1ccc(N2C[C@H](C(=O)N3C[C@@H](C)OC[C@H]3C)CC2=O)c(F)c1. The number of carbonyl (C=O) groups excluding carboxylic acids is 2. The maximum Gasteiger partial charge on any atom is 0.228 e. The number of ether oxygens (including phenoxy) is 1. The maximum absolute atomic E-state index is 14.2. The number of anilines is 1. The molecule has 24 heavy (non-hydrogen) atoms. The van der Waals surface area contributed by atoms with E-state index in [4.69, 9.17) is 4.74 Å². The van der Waals surface area contributed by atoms with Crippen LogP contribution in [0.2, 0.25) is 0 Å². The highest BCUT2D eigenvalue weighted by Crippen LogP contribution is 2.29. The van der Waals surface area contributed by atoms with Crippen molar-refractivity contribution in [3.05, 3.63) is 29.6 Å². The fourth-order valence-electron chi connectivity index (χ4n) is 3.38. The summed E-state index contributed by atoms with van der Waals surface area (Å²) in [5, 5.41) is 0. The van der Waals surface area contributed by atoms with Crippen molar-refractivity contribution in [1.29, 1.82) is 0 Å². The zero-order chi connectivity index (χ0) is 17.4. The Labute approximate surface area is 141 Å². The van der Waals surface area contributed by atoms with Crippen molar-refractivity contribution in [3.63, 3.8) is 0 Å². The van der Waals surface area contributed by atoms with Crippen LogP contribution in [0.25, 0.3) is 0 Å². The molecule has 0 N–H and O–H groups in total. The molecule has 0 spiro atoms. The molecule has 1 aromatic carbocycles. The van der Waals surface area contributed by atoms with Crippen LogP contribution in [-0.4, -0.2) is 48.6 Å². The van der Waals surface area contributed by atoms with Crippen molar-refractivity contribution in [2.24, 2.45) is 5.92 Å². The molecule has 1 aromatic rings. The molecule has 130 valence electrons. The molecular weight excluding hydrogens is 311 g/mol. The van der Waals surface area contributed by atoms with Crippen molar-refractivity contribution < 1.29 is 18.7 Å². The molecule has 3 rings (SSSR count). The summed E-state index contributed by atoms with van der Waals surface area (Å²) in [5.74, 6) is -1.10. The molecule has 2 aliphatic heterocycles. The molecule has 0 radical (unpaired) electrons. The molecule has 2 aliphatic rings. The molecule has 2 saturated heterocycles. The highest BCUT2D eigenvalue weighted by atomic mass is 19.1. The predicted molar refractivity (Wildman–Crippen MR) is 88.2 cm³/mol. The van der Waals surface area contributed by atoms with Gasteiger partial charge < -0.3 is 14.5 Å². The lowest BCUT2D eigenvalue weighted by molar-refractivity contribution is -0.147. The van der Waals surface area contributed by atoms with Crippen molar-refractivity contribution in [2.75, 3.05) is 24.6 Å². The van der Waals surface area contributed by atoms with Crippen LogP contribution < -0.4 is 4.90 Å². The van der Waals surface area contributed by atoms with Crippen LogP contribution in [0.5, 0.6) is 0 Å². The van der Waals surface area contributed by atoms with E-state index >= 15 is 0 Å². The lowest BCUT2D eigenvalue weighted by Crippen LogP contribution is -2.52. The van der Waals surface area contributed by atoms with Gasteiger partial charge in [0.1, 0.15) is 5.82 Å². The van der Waals surface area contributed by atoms with Crippen molar-refractivity contribution in [2.45, 2.75) is 39.3 Å². The third-order valence-electron chi connectivity index (χ3n) is 4.76. The molecule has 0 saturated carbocycles. The fourth-order valence-corrected chi connectivity index (χ4v) is 3.38. The van der Waals surface area contributed by atoms with Crippen LogP contribution in [0, 0.1) is 18.7 Å². The fraction of sp³-hybridized carbons (Fsp3) is 0.556. The normalized spacial score (nSPS) is 27.7. The van der Waals surface area contributed by atoms with Crippen molar-refractivity contribution in [1.82, 2.24) is 4.90 Å². The van der Waals surface area contributed by atoms with E-state index in [2.05, 4.69) is 0 Å². The molecular formula is C18H23FN2O3. The molecule has 0 aliphatic carbocycles. The standard InChI is InChI=1S/C18H23FN2O3/c1-11-4-5-16(15(19)6-11)21-9-14(7-17(21)22)18(23)20-8-13(3)24-10-12(20)2/h4-6,12-14H,7-10H2,1-3H3/t12-,13-,14-/m1/s1. The number of aryl methyl sites for hydroxylation is 1. The second-order valence-corrected chi connectivity index (χ2v) is 6.84. The molecule has 2 amide bonds. The van der Waals surface area contributed by atoms with Gasteiger partial charge in [-0.05, 0) is 38.5 Å². The summed E-state index contributed by atoms with van der Waals surface area (Å²) in [6, 6.07) is 4.78. The Morgan fingerprint density at radius 2 is 2.04 bits per heavy atom. The third kappa shape index (κ3) is 3.15. The zero-order valence-electron chi connectivity index (χ0n) is 14.3. The van der Waals surface area contributed by atoms with Gasteiger partial charge in [0.2, 0.25) is 11.8 Å². The number of carbonyl (C=O) groups is 2. The molecule has 0 aromatic heterocycles. The van der Waals surface area contributed by atoms with E-state index in [1.54, 1.807) is 24.0 Å². The van der Waals surface area contributed by atoms with Gasteiger partial charge in [-0.3, -0.25) is 9.59 Å². The quantitative estimate of drug-likeness (QED) is 0.832. The number of morpholine rings is 1. The molecule has 0 bridgehead atoms. The molecule has 5 nitrogen and oxygen atoms in total. The highest BCUT2D eigenvalue weighted by molar-refractivity contribution is 6.00. The van der Waals surface area contributed by atoms with Gasteiger partial charge in [-0.15, -0.1) is 0 Å². The van der Waals surface area contributed by atoms with Crippen molar-refractivity contribution >= 4 is 17.5 Å². The van der Waals surface area contributed by atoms with Crippen LogP contribution in [0.3, 0.4) is 0 Å². The maximum atomic E-state index is 14.2. The second-order valence-electron chi connectivity index (χ2n) is 6.84. The monoisotopic (exact) mass is 334 g/mol. The summed E-state index contributed by atoms with van der Waals surface area (Å²) in [4.78, 5) is 28.3. The first-order chi connectivity index (χ1) is 11.4. The Balaban J connectivity index is 1.75. The van der Waals surface area contributed by atoms with Crippen LogP contribution in [0.15, 0.2) is 18.2 Å². The van der Waals surface area contributed by atoms with Gasteiger partial charge in [0.25, 0.3) is 0 Å². The van der Waals surface area contributed by atoms with Crippen LogP contribution in [-0.2, 0) is 14.3 Å². The van der Waals surface area contributed by atoms with Gasteiger partial charge in [0.05, 0.1) is 30.4 Å². The van der Waals surface area contributed by atoms with Gasteiger partial charge in [0.15, 0.2) is 0 Å². The number of halogens is 1.